The summed E-state index contributed by atoms with van der Waals surface area (Å²) in [5, 5.41) is 4.94. The molecule has 0 unspecified atom stereocenters. The zero-order valence-corrected chi connectivity index (χ0v) is 48.6. The third kappa shape index (κ3) is 6.91. The predicted octanol–water partition coefficient (Wildman–Crippen LogP) is 16.7. The molecule has 8 heteroatoms. The van der Waals surface area contributed by atoms with E-state index < -0.39 is 0 Å². The van der Waals surface area contributed by atoms with Crippen molar-refractivity contribution in [2.24, 2.45) is 0 Å². The highest BCUT2D eigenvalue weighted by Crippen LogP contribution is 2.51. The number of hydrogen-bond acceptors (Lipinski definition) is 4. The number of nitrogens with zero attached hydrogens (tertiary/aromatic N) is 6. The van der Waals surface area contributed by atoms with Gasteiger partial charge in [-0.1, -0.05) is 170 Å². The average Bonchev–Trinajstić information content (AvgIpc) is 0.811. The van der Waals surface area contributed by atoms with Crippen molar-refractivity contribution in [3.63, 3.8) is 0 Å². The van der Waals surface area contributed by atoms with Gasteiger partial charge in [-0.3, -0.25) is 0 Å². The maximum atomic E-state index is 2.61. The molecule has 0 atom stereocenters. The quantitative estimate of drug-likeness (QED) is 0.155. The Hall–Kier alpha value is -11.2. The van der Waals surface area contributed by atoms with Gasteiger partial charge in [0.2, 0.25) is 0 Å². The van der Waals surface area contributed by atoms with Crippen molar-refractivity contribution in [2.45, 2.75) is 13.8 Å². The summed E-state index contributed by atoms with van der Waals surface area (Å²) in [5.74, 6) is 0. The average molecular weight is 1120 g/mol. The van der Waals surface area contributed by atoms with E-state index in [-0.39, 0.29) is 13.4 Å². The molecule has 15 aromatic rings. The van der Waals surface area contributed by atoms with Gasteiger partial charge in [0.05, 0.1) is 33.4 Å². The summed E-state index contributed by atoms with van der Waals surface area (Å²) in [4.78, 5) is 10.3. The van der Waals surface area contributed by atoms with Crippen LogP contribution in [0.2, 0.25) is 0 Å². The van der Waals surface area contributed by atoms with Gasteiger partial charge < -0.3 is 28.7 Å². The van der Waals surface area contributed by atoms with Crippen LogP contribution in [0, 0.1) is 13.8 Å². The van der Waals surface area contributed by atoms with Crippen LogP contribution in [0.4, 0.5) is 68.2 Å². The van der Waals surface area contributed by atoms with Crippen LogP contribution in [-0.2, 0) is 0 Å². The van der Waals surface area contributed by atoms with Crippen LogP contribution in [0.5, 0.6) is 0 Å². The lowest BCUT2D eigenvalue weighted by atomic mass is 9.31. The maximum Gasteiger partial charge on any atom is 0.252 e. The summed E-state index contributed by atoms with van der Waals surface area (Å²) in [6.07, 6.45) is 0. The molecule has 4 aliphatic heterocycles. The molecule has 0 amide bonds. The molecule has 6 nitrogen and oxygen atoms in total. The van der Waals surface area contributed by atoms with Crippen LogP contribution in [0.25, 0.3) is 55.0 Å². The minimum Gasteiger partial charge on any atom is -0.311 e. The fraction of sp³-hybridized carbons (Fsp3) is 0.0250. The van der Waals surface area contributed by atoms with Crippen molar-refractivity contribution in [1.82, 2.24) is 9.13 Å². The van der Waals surface area contributed by atoms with E-state index >= 15 is 0 Å². The molecule has 0 radical (unpaired) electrons. The number of benzene rings is 13. The van der Waals surface area contributed by atoms with Crippen molar-refractivity contribution in [3.05, 3.63) is 302 Å². The third-order valence-electron chi connectivity index (χ3n) is 19.3. The Kier molecular flexibility index (Phi) is 10.4. The fourth-order valence-corrected chi connectivity index (χ4v) is 15.7. The van der Waals surface area contributed by atoms with Gasteiger partial charge in [-0.25, -0.2) is 0 Å². The fourth-order valence-electron chi connectivity index (χ4n) is 15.7. The molecular formula is C80H54B2N6. The molecule has 0 fully saturated rings. The number of hydrogen-bond donors (Lipinski definition) is 0. The summed E-state index contributed by atoms with van der Waals surface area (Å²) in [5.41, 5.74) is 30.8. The molecule has 0 saturated heterocycles. The van der Waals surface area contributed by atoms with Gasteiger partial charge in [0, 0.05) is 89.8 Å². The number of fused-ring (bicyclic) bond motifs is 14. The van der Waals surface area contributed by atoms with E-state index in [0.29, 0.717) is 0 Å². The van der Waals surface area contributed by atoms with E-state index in [1.54, 1.807) is 0 Å². The van der Waals surface area contributed by atoms with Gasteiger partial charge in [-0.05, 0) is 179 Å². The summed E-state index contributed by atoms with van der Waals surface area (Å²) >= 11 is 0. The smallest absolute Gasteiger partial charge is 0.252 e. The molecule has 19 rings (SSSR count). The SMILES string of the molecule is Cc1ccc2c(c1)N(c1ccccc1)c1cc(-n3c4ccccc4c4ccccc43)cc3c1B2c1cc2c(cc1N3c1ccccc1)B1c3ccc(C)cc3N(c3ccccc3)c3cc(-n4c5ccccc5c5ccccc54)cc(c31)N2c1ccccc1. The first-order valence-corrected chi connectivity index (χ1v) is 30.6. The number of aromatic nitrogens is 2. The minimum absolute atomic E-state index is 0.151. The van der Waals surface area contributed by atoms with Crippen LogP contribution in [-0.4, -0.2) is 22.6 Å². The van der Waals surface area contributed by atoms with Gasteiger partial charge in [-0.15, -0.1) is 0 Å². The van der Waals surface area contributed by atoms with Crippen LogP contribution in [0.1, 0.15) is 11.1 Å². The Morgan fingerprint density at radius 2 is 0.477 bits per heavy atom. The van der Waals surface area contributed by atoms with E-state index in [0.717, 1.165) is 56.9 Å². The lowest BCUT2D eigenvalue weighted by molar-refractivity contribution is 1.16. The second-order valence-electron chi connectivity index (χ2n) is 24.2. The van der Waals surface area contributed by atoms with Crippen molar-refractivity contribution >= 4 is 158 Å². The van der Waals surface area contributed by atoms with Gasteiger partial charge in [0.25, 0.3) is 13.4 Å². The van der Waals surface area contributed by atoms with Crippen molar-refractivity contribution in [1.29, 1.82) is 0 Å². The second kappa shape index (κ2) is 18.6. The molecule has 0 saturated carbocycles. The van der Waals surface area contributed by atoms with E-state index in [4.69, 9.17) is 0 Å². The number of aryl methyl sites for hydroxylation is 2. The molecule has 0 N–H and O–H groups in total. The predicted molar refractivity (Wildman–Crippen MR) is 373 cm³/mol. The third-order valence-corrected chi connectivity index (χ3v) is 19.3. The van der Waals surface area contributed by atoms with E-state index in [2.05, 4.69) is 334 Å². The summed E-state index contributed by atoms with van der Waals surface area (Å²) in [6, 6.07) is 109. The van der Waals surface area contributed by atoms with Gasteiger partial charge >= 0.3 is 0 Å². The van der Waals surface area contributed by atoms with Gasteiger partial charge in [0.1, 0.15) is 0 Å². The summed E-state index contributed by atoms with van der Waals surface area (Å²) in [7, 11) is 0. The first-order valence-electron chi connectivity index (χ1n) is 30.6. The monoisotopic (exact) mass is 1120 g/mol. The molecule has 0 aliphatic carbocycles. The lowest BCUT2D eigenvalue weighted by Crippen LogP contribution is -2.64. The first-order chi connectivity index (χ1) is 43.5. The molecule has 88 heavy (non-hydrogen) atoms. The number of rotatable bonds is 6. The molecule has 2 aromatic heterocycles. The Morgan fingerprint density at radius 1 is 0.216 bits per heavy atom. The Balaban J connectivity index is 0.957. The van der Waals surface area contributed by atoms with Gasteiger partial charge in [-0.2, -0.15) is 0 Å². The highest BCUT2D eigenvalue weighted by molar-refractivity contribution is 7.02. The summed E-state index contributed by atoms with van der Waals surface area (Å²) in [6.45, 7) is 4.17. The Bertz CT molecular complexity index is 4960. The standard InChI is InChI=1S/C80H54B2N6/c1-51-39-41-63-71(43-51)83(53-23-7-3-8-24-53)75-45-57(87-67-35-19-15-31-59(67)60-32-16-20-36-68(60)87)47-77-79(75)81(63)65-49-74-66(50-73(65)85(77)55-27-11-5-12-28-55)82-64-42-40-52(2)44-72(64)84(54-25-9-4-10-26-54)76-46-58(48-78(80(76)82)86(74)56-29-13-6-14-30-56)88-69-37-21-17-33-61(69)62-34-18-22-38-70(62)88/h3-50H,1-2H3. The number of anilines is 12. The van der Waals surface area contributed by atoms with E-state index in [9.17, 15) is 0 Å². The highest BCUT2D eigenvalue weighted by atomic mass is 15.2. The Labute approximate surface area is 511 Å². The van der Waals surface area contributed by atoms with Gasteiger partial charge in [0.15, 0.2) is 0 Å². The normalized spacial score (nSPS) is 13.4. The van der Waals surface area contributed by atoms with Crippen LogP contribution < -0.4 is 52.4 Å². The van der Waals surface area contributed by atoms with Crippen molar-refractivity contribution in [2.75, 3.05) is 19.6 Å². The molecule has 0 spiro atoms. The largest absolute Gasteiger partial charge is 0.311 e. The molecule has 0 bridgehead atoms. The zero-order chi connectivity index (χ0) is 57.9. The first kappa shape index (κ1) is 49.1. The molecule has 6 heterocycles. The molecular weight excluding hydrogens is 1070 g/mol. The molecule has 4 aliphatic rings. The second-order valence-corrected chi connectivity index (χ2v) is 24.2. The van der Waals surface area contributed by atoms with Crippen LogP contribution in [0.15, 0.2) is 291 Å². The summed E-state index contributed by atoms with van der Waals surface area (Å²) < 4.78 is 5.00. The van der Waals surface area contributed by atoms with Crippen molar-refractivity contribution in [3.8, 4) is 11.4 Å². The van der Waals surface area contributed by atoms with E-state index in [1.807, 2.05) is 0 Å². The number of para-hydroxylation sites is 8. The van der Waals surface area contributed by atoms with E-state index in [1.165, 1.54) is 110 Å². The maximum absolute atomic E-state index is 2.61. The van der Waals surface area contributed by atoms with Crippen LogP contribution >= 0.6 is 0 Å². The lowest BCUT2D eigenvalue weighted by Gasteiger charge is -2.47. The molecule has 410 valence electrons. The minimum atomic E-state index is -0.151. The van der Waals surface area contributed by atoms with Crippen LogP contribution in [0.3, 0.4) is 0 Å². The zero-order valence-electron chi connectivity index (χ0n) is 48.6. The topological polar surface area (TPSA) is 22.8 Å². The molecule has 13 aromatic carbocycles. The highest BCUT2D eigenvalue weighted by Gasteiger charge is 2.49. The Morgan fingerprint density at radius 3 is 0.773 bits per heavy atom. The van der Waals surface area contributed by atoms with Crippen molar-refractivity contribution < 1.29 is 0 Å².